The fraction of sp³-hybridized carbons (Fsp3) is 0.429. The summed E-state index contributed by atoms with van der Waals surface area (Å²) >= 11 is 0. The Morgan fingerprint density at radius 2 is 1.93 bits per heavy atom. The molecule has 7 heteroatoms. The van der Waals surface area contributed by atoms with E-state index in [1.54, 1.807) is 0 Å². The van der Waals surface area contributed by atoms with Crippen molar-refractivity contribution in [3.63, 3.8) is 0 Å². The number of carbonyl (C=O) groups excluding carboxylic acids is 2. The van der Waals surface area contributed by atoms with Gasteiger partial charge in [-0.15, -0.1) is 0 Å². The fourth-order valence-electron chi connectivity index (χ4n) is 0.514. The summed E-state index contributed by atoms with van der Waals surface area (Å²) in [4.78, 5) is 20.5. The maximum atomic E-state index is 11.7. The van der Waals surface area contributed by atoms with Crippen molar-refractivity contribution >= 4 is 11.8 Å². The Morgan fingerprint density at radius 3 is 2.21 bits per heavy atom. The lowest BCUT2D eigenvalue weighted by Gasteiger charge is -2.09. The van der Waals surface area contributed by atoms with Crippen LogP contribution in [0.15, 0.2) is 11.8 Å². The predicted molar refractivity (Wildman–Crippen MR) is 35.8 cm³/mol. The van der Waals surface area contributed by atoms with Crippen molar-refractivity contribution in [1.29, 1.82) is 0 Å². The van der Waals surface area contributed by atoms with E-state index in [2.05, 4.69) is 4.74 Å². The molecule has 0 amide bonds. The molecule has 0 radical (unpaired) electrons. The Balaban J connectivity index is 4.86. The van der Waals surface area contributed by atoms with Crippen LogP contribution in [0.1, 0.15) is 6.92 Å². The van der Waals surface area contributed by atoms with E-state index in [0.29, 0.717) is 0 Å². The molecule has 0 N–H and O–H groups in total. The highest BCUT2D eigenvalue weighted by molar-refractivity contribution is 6.17. The molecule has 0 fully saturated rings. The van der Waals surface area contributed by atoms with E-state index in [4.69, 9.17) is 0 Å². The molecule has 0 aromatic rings. The molecule has 0 saturated carbocycles. The first-order chi connectivity index (χ1) is 6.30. The average molecular weight is 211 g/mol. The third kappa shape index (κ3) is 3.46. The van der Waals surface area contributed by atoms with Crippen LogP contribution in [0.25, 0.3) is 0 Å². The number of carbonyl (C=O) groups is 2. The largest absolute Gasteiger partial charge is 0.545 e. The molecule has 0 bridgehead atoms. The third-order valence-electron chi connectivity index (χ3n) is 1.09. The number of carboxylic acid groups (broad SMARTS) is 1. The molecule has 0 aliphatic heterocycles. The van der Waals surface area contributed by atoms with Gasteiger partial charge in [0.25, 0.3) is 5.78 Å². The van der Waals surface area contributed by atoms with Crippen LogP contribution in [0.3, 0.4) is 0 Å². The second-order valence-corrected chi connectivity index (χ2v) is 2.10. The molecule has 0 rings (SSSR count). The fourth-order valence-corrected chi connectivity index (χ4v) is 0.514. The number of alkyl halides is 3. The molecule has 0 spiro atoms. The standard InChI is InChI=1S/C7H7F3O4/c1-2-14-3-4(6(12)13)5(11)7(8,9)10/h3H,2H2,1H3,(H,12,13)/p-1/b4-3+. The van der Waals surface area contributed by atoms with Gasteiger partial charge in [0.1, 0.15) is 0 Å². The zero-order valence-corrected chi connectivity index (χ0v) is 7.05. The Labute approximate surface area is 77.0 Å². The highest BCUT2D eigenvalue weighted by Gasteiger charge is 2.41. The highest BCUT2D eigenvalue weighted by Crippen LogP contribution is 2.20. The summed E-state index contributed by atoms with van der Waals surface area (Å²) in [5.41, 5.74) is -1.54. The maximum Gasteiger partial charge on any atom is 0.455 e. The number of ketones is 1. The van der Waals surface area contributed by atoms with Gasteiger partial charge in [0.15, 0.2) is 0 Å². The first-order valence-corrected chi connectivity index (χ1v) is 3.45. The molecule has 0 heterocycles. The Hall–Kier alpha value is -1.53. The Morgan fingerprint density at radius 1 is 1.43 bits per heavy atom. The number of rotatable bonds is 4. The van der Waals surface area contributed by atoms with Gasteiger partial charge >= 0.3 is 6.18 Å². The molecular weight excluding hydrogens is 205 g/mol. The summed E-state index contributed by atoms with van der Waals surface area (Å²) < 4.78 is 39.5. The SMILES string of the molecule is CCO/C=C(/C(=O)[O-])C(=O)C(F)(F)F. The molecule has 0 aromatic heterocycles. The van der Waals surface area contributed by atoms with Gasteiger partial charge in [-0.2, -0.15) is 13.2 Å². The quantitative estimate of drug-likeness (QED) is 0.279. The molecule has 14 heavy (non-hydrogen) atoms. The lowest BCUT2D eigenvalue weighted by atomic mass is 10.2. The van der Waals surface area contributed by atoms with E-state index in [1.807, 2.05) is 0 Å². The lowest BCUT2D eigenvalue weighted by molar-refractivity contribution is -0.299. The van der Waals surface area contributed by atoms with Gasteiger partial charge in [-0.1, -0.05) is 0 Å². The smallest absolute Gasteiger partial charge is 0.455 e. The number of ether oxygens (including phenoxy) is 1. The minimum Gasteiger partial charge on any atom is -0.545 e. The molecule has 4 nitrogen and oxygen atoms in total. The molecule has 80 valence electrons. The maximum absolute atomic E-state index is 11.7. The Bertz CT molecular complexity index is 267. The number of Topliss-reactive ketones (excluding diaryl/α,β-unsaturated/α-hetero) is 1. The van der Waals surface area contributed by atoms with Crippen LogP contribution >= 0.6 is 0 Å². The average Bonchev–Trinajstić information content (AvgIpc) is 2.02. The zero-order valence-electron chi connectivity index (χ0n) is 7.05. The normalized spacial score (nSPS) is 12.4. The molecular formula is C7H6F3O4-. The number of halogens is 3. The van der Waals surface area contributed by atoms with Crippen LogP contribution in [-0.4, -0.2) is 24.5 Å². The number of hydrogen-bond acceptors (Lipinski definition) is 4. The van der Waals surface area contributed by atoms with Gasteiger partial charge in [-0.25, -0.2) is 0 Å². The van der Waals surface area contributed by atoms with Gasteiger partial charge in [-0.05, 0) is 6.92 Å². The molecule has 0 unspecified atom stereocenters. The van der Waals surface area contributed by atoms with Gasteiger partial charge in [-0.3, -0.25) is 4.79 Å². The van der Waals surface area contributed by atoms with Crippen molar-refractivity contribution in [2.24, 2.45) is 0 Å². The third-order valence-corrected chi connectivity index (χ3v) is 1.09. The van der Waals surface area contributed by atoms with Crippen molar-refractivity contribution in [2.45, 2.75) is 13.1 Å². The van der Waals surface area contributed by atoms with Crippen molar-refractivity contribution in [1.82, 2.24) is 0 Å². The van der Waals surface area contributed by atoms with E-state index >= 15 is 0 Å². The van der Waals surface area contributed by atoms with Gasteiger partial charge in [0.05, 0.1) is 24.4 Å². The first kappa shape index (κ1) is 12.5. The number of carboxylic acids is 1. The first-order valence-electron chi connectivity index (χ1n) is 3.45. The summed E-state index contributed by atoms with van der Waals surface area (Å²) in [7, 11) is 0. The minimum atomic E-state index is -5.25. The van der Waals surface area contributed by atoms with Crippen molar-refractivity contribution in [3.8, 4) is 0 Å². The van der Waals surface area contributed by atoms with Crippen LogP contribution in [0.4, 0.5) is 13.2 Å². The van der Waals surface area contributed by atoms with Crippen molar-refractivity contribution in [2.75, 3.05) is 6.61 Å². The highest BCUT2D eigenvalue weighted by atomic mass is 19.4. The van der Waals surface area contributed by atoms with Crippen LogP contribution in [0, 0.1) is 0 Å². The van der Waals surface area contributed by atoms with E-state index in [1.165, 1.54) is 6.92 Å². The topological polar surface area (TPSA) is 66.4 Å². The summed E-state index contributed by atoms with van der Waals surface area (Å²) in [6.07, 6.45) is -5.02. The van der Waals surface area contributed by atoms with Crippen molar-refractivity contribution < 1.29 is 32.6 Å². The molecule has 0 atom stereocenters. The molecule has 0 aliphatic carbocycles. The summed E-state index contributed by atoms with van der Waals surface area (Å²) in [5.74, 6) is -4.72. The van der Waals surface area contributed by atoms with Crippen LogP contribution < -0.4 is 5.11 Å². The van der Waals surface area contributed by atoms with Crippen LogP contribution in [-0.2, 0) is 14.3 Å². The predicted octanol–water partition coefficient (Wildman–Crippen LogP) is -0.212. The summed E-state index contributed by atoms with van der Waals surface area (Å²) in [5, 5.41) is 10.1. The monoisotopic (exact) mass is 211 g/mol. The van der Waals surface area contributed by atoms with Gasteiger partial charge in [0, 0.05) is 0 Å². The molecule has 0 saturated heterocycles. The Kier molecular flexibility index (Phi) is 4.13. The number of hydrogen-bond donors (Lipinski definition) is 0. The van der Waals surface area contributed by atoms with Crippen LogP contribution in [0.5, 0.6) is 0 Å². The number of aliphatic carboxylic acids is 1. The van der Waals surface area contributed by atoms with E-state index in [9.17, 15) is 27.9 Å². The lowest BCUT2D eigenvalue weighted by Crippen LogP contribution is -2.35. The second kappa shape index (κ2) is 4.64. The molecule has 0 aromatic carbocycles. The van der Waals surface area contributed by atoms with Gasteiger partial charge < -0.3 is 14.6 Å². The van der Waals surface area contributed by atoms with E-state index < -0.39 is 23.5 Å². The molecule has 0 aliphatic rings. The van der Waals surface area contributed by atoms with E-state index in [0.717, 1.165) is 0 Å². The minimum absolute atomic E-state index is 0.0537. The van der Waals surface area contributed by atoms with Gasteiger partial charge in [0.2, 0.25) is 0 Å². The zero-order chi connectivity index (χ0) is 11.4. The van der Waals surface area contributed by atoms with Crippen LogP contribution in [0.2, 0.25) is 0 Å². The second-order valence-electron chi connectivity index (χ2n) is 2.10. The summed E-state index contributed by atoms with van der Waals surface area (Å²) in [6, 6.07) is 0. The summed E-state index contributed by atoms with van der Waals surface area (Å²) in [6.45, 7) is 1.36. The van der Waals surface area contributed by atoms with E-state index in [-0.39, 0.29) is 12.9 Å². The van der Waals surface area contributed by atoms with Crippen molar-refractivity contribution in [3.05, 3.63) is 11.8 Å².